The van der Waals surface area contributed by atoms with E-state index < -0.39 is 0 Å². The maximum Gasteiger partial charge on any atom is 0.287 e. The number of hydrogen-bond donors (Lipinski definition) is 1. The smallest absolute Gasteiger partial charge is 0.287 e. The predicted octanol–water partition coefficient (Wildman–Crippen LogP) is 1.83. The van der Waals surface area contributed by atoms with Crippen LogP contribution in [0.25, 0.3) is 16.7 Å². The van der Waals surface area contributed by atoms with E-state index in [9.17, 15) is 4.79 Å². The molecule has 0 aliphatic rings. The number of anilines is 1. The number of hydrogen-bond acceptors (Lipinski definition) is 2. The minimum atomic E-state index is 0.130. The molecule has 2 aromatic heterocycles. The molecular formula is C17H21N4O+. The van der Waals surface area contributed by atoms with Crippen molar-refractivity contribution >= 4 is 28.3 Å². The summed E-state index contributed by atoms with van der Waals surface area (Å²) in [6.45, 7) is 5.80. The second-order valence-electron chi connectivity index (χ2n) is 5.33. The number of nitrogens with two attached hydrogens (primary N) is 1. The van der Waals surface area contributed by atoms with E-state index in [1.165, 1.54) is 0 Å². The van der Waals surface area contributed by atoms with E-state index in [4.69, 9.17) is 5.73 Å². The number of likely N-dealkylation sites (N-methyl/N-ethyl adjacent to an activating group) is 1. The van der Waals surface area contributed by atoms with Crippen LogP contribution in [0.3, 0.4) is 0 Å². The summed E-state index contributed by atoms with van der Waals surface area (Å²) < 4.78 is 4.09. The zero-order valence-corrected chi connectivity index (χ0v) is 13.0. The SMILES string of the molecule is CCN(CC)C(=O)C[n+]1c2ccccc2n2cc(N)ccc21. The third-order valence-electron chi connectivity index (χ3n) is 4.07. The van der Waals surface area contributed by atoms with Crippen LogP contribution in [0.2, 0.25) is 0 Å². The Labute approximate surface area is 129 Å². The molecule has 0 saturated carbocycles. The molecule has 0 radical (unpaired) electrons. The van der Waals surface area contributed by atoms with Crippen LogP contribution in [-0.2, 0) is 11.3 Å². The van der Waals surface area contributed by atoms with Gasteiger partial charge in [0, 0.05) is 19.2 Å². The average Bonchev–Trinajstić information content (AvgIpc) is 2.82. The van der Waals surface area contributed by atoms with Crippen LogP contribution >= 0.6 is 0 Å². The highest BCUT2D eigenvalue weighted by Crippen LogP contribution is 2.16. The highest BCUT2D eigenvalue weighted by atomic mass is 16.2. The third-order valence-corrected chi connectivity index (χ3v) is 4.07. The first-order valence-electron chi connectivity index (χ1n) is 7.61. The summed E-state index contributed by atoms with van der Waals surface area (Å²) in [4.78, 5) is 14.3. The maximum atomic E-state index is 12.5. The average molecular weight is 297 g/mol. The molecule has 0 spiro atoms. The van der Waals surface area contributed by atoms with Gasteiger partial charge in [-0.05, 0) is 32.0 Å². The fourth-order valence-corrected chi connectivity index (χ4v) is 2.92. The van der Waals surface area contributed by atoms with Gasteiger partial charge in [-0.3, -0.25) is 4.79 Å². The molecule has 22 heavy (non-hydrogen) atoms. The molecule has 1 amide bonds. The van der Waals surface area contributed by atoms with Crippen molar-refractivity contribution in [3.63, 3.8) is 0 Å². The van der Waals surface area contributed by atoms with E-state index in [1.54, 1.807) is 0 Å². The molecule has 0 bridgehead atoms. The molecule has 0 aliphatic heterocycles. The Morgan fingerprint density at radius 2 is 1.91 bits per heavy atom. The molecule has 0 atom stereocenters. The first-order chi connectivity index (χ1) is 10.7. The topological polar surface area (TPSA) is 54.6 Å². The maximum absolute atomic E-state index is 12.5. The Bertz CT molecular complexity index is 833. The van der Waals surface area contributed by atoms with Crippen LogP contribution in [0, 0.1) is 0 Å². The molecule has 0 fully saturated rings. The van der Waals surface area contributed by atoms with Gasteiger partial charge in [0.05, 0.1) is 5.69 Å². The van der Waals surface area contributed by atoms with Gasteiger partial charge in [-0.25, -0.2) is 4.57 Å². The summed E-state index contributed by atoms with van der Waals surface area (Å²) in [6.07, 6.45) is 1.90. The number of nitrogens with zero attached hydrogens (tertiary/aromatic N) is 3. The molecule has 0 aliphatic carbocycles. The number of carbonyl (C=O) groups is 1. The second kappa shape index (κ2) is 5.67. The third kappa shape index (κ3) is 2.28. The van der Waals surface area contributed by atoms with Gasteiger partial charge < -0.3 is 10.6 Å². The summed E-state index contributed by atoms with van der Waals surface area (Å²) in [5.41, 5.74) is 9.67. The predicted molar refractivity (Wildman–Crippen MR) is 87.4 cm³/mol. The Balaban J connectivity index is 2.17. The Hall–Kier alpha value is -2.56. The summed E-state index contributed by atoms with van der Waals surface area (Å²) in [6, 6.07) is 11.9. The van der Waals surface area contributed by atoms with Crippen molar-refractivity contribution in [2.24, 2.45) is 0 Å². The number of pyridine rings is 1. The summed E-state index contributed by atoms with van der Waals surface area (Å²) in [5, 5.41) is 0. The molecule has 3 aromatic rings. The van der Waals surface area contributed by atoms with Crippen LogP contribution in [0.4, 0.5) is 5.69 Å². The summed E-state index contributed by atoms with van der Waals surface area (Å²) in [7, 11) is 0. The van der Waals surface area contributed by atoms with Gasteiger partial charge in [-0.15, -0.1) is 0 Å². The van der Waals surface area contributed by atoms with Crippen LogP contribution in [0.1, 0.15) is 13.8 Å². The van der Waals surface area contributed by atoms with E-state index in [1.807, 2.05) is 65.7 Å². The van der Waals surface area contributed by atoms with Gasteiger partial charge in [0.1, 0.15) is 6.20 Å². The van der Waals surface area contributed by atoms with Crippen LogP contribution in [0.15, 0.2) is 42.6 Å². The van der Waals surface area contributed by atoms with E-state index in [2.05, 4.69) is 4.57 Å². The molecule has 3 rings (SSSR count). The van der Waals surface area contributed by atoms with Crippen LogP contribution in [-0.4, -0.2) is 28.3 Å². The van der Waals surface area contributed by atoms with Crippen LogP contribution < -0.4 is 10.3 Å². The van der Waals surface area contributed by atoms with E-state index in [0.29, 0.717) is 12.2 Å². The molecule has 5 heteroatoms. The highest BCUT2D eigenvalue weighted by Gasteiger charge is 2.22. The minimum Gasteiger partial charge on any atom is -0.396 e. The zero-order valence-electron chi connectivity index (χ0n) is 13.0. The van der Waals surface area contributed by atoms with Crippen molar-refractivity contribution in [2.45, 2.75) is 20.4 Å². The van der Waals surface area contributed by atoms with E-state index >= 15 is 0 Å². The van der Waals surface area contributed by atoms with Crippen molar-refractivity contribution in [2.75, 3.05) is 18.8 Å². The number of nitrogen functional groups attached to an aromatic ring is 1. The molecule has 2 N–H and O–H groups in total. The molecular weight excluding hydrogens is 276 g/mol. The Morgan fingerprint density at radius 1 is 1.18 bits per heavy atom. The number of amides is 1. The van der Waals surface area contributed by atoms with Gasteiger partial charge >= 0.3 is 0 Å². The number of imidazole rings is 1. The number of carbonyl (C=O) groups excluding carboxylic acids is 1. The summed E-state index contributed by atoms with van der Waals surface area (Å²) >= 11 is 0. The fourth-order valence-electron chi connectivity index (χ4n) is 2.92. The lowest BCUT2D eigenvalue weighted by atomic mass is 10.3. The number of rotatable bonds is 4. The van der Waals surface area contributed by atoms with Crippen molar-refractivity contribution in [3.05, 3.63) is 42.6 Å². The quantitative estimate of drug-likeness (QED) is 0.747. The van der Waals surface area contributed by atoms with Gasteiger partial charge in [-0.2, -0.15) is 4.40 Å². The van der Waals surface area contributed by atoms with Crippen molar-refractivity contribution in [1.82, 2.24) is 9.30 Å². The molecule has 1 aromatic carbocycles. The number of fused-ring (bicyclic) bond motifs is 3. The normalized spacial score (nSPS) is 11.2. The fraction of sp³-hybridized carbons (Fsp3) is 0.294. The lowest BCUT2D eigenvalue weighted by molar-refractivity contribution is -0.633. The molecule has 2 heterocycles. The number of benzene rings is 1. The molecule has 5 nitrogen and oxygen atoms in total. The standard InChI is InChI=1S/C17H21N4O/c1-3-19(4-2)17(22)12-21-15-8-6-5-7-14(15)20-11-13(18)9-10-16(20)21/h5-11H,3-4,12,18H2,1-2H3/q+1. The van der Waals surface area contributed by atoms with Gasteiger partial charge in [0.2, 0.25) is 0 Å². The lowest BCUT2D eigenvalue weighted by Crippen LogP contribution is -2.44. The zero-order chi connectivity index (χ0) is 15.7. The first-order valence-corrected chi connectivity index (χ1v) is 7.61. The molecule has 0 saturated heterocycles. The first kappa shape index (κ1) is 14.4. The van der Waals surface area contributed by atoms with Crippen molar-refractivity contribution < 1.29 is 9.36 Å². The number of para-hydroxylation sites is 2. The van der Waals surface area contributed by atoms with Gasteiger partial charge in [-0.1, -0.05) is 12.1 Å². The highest BCUT2D eigenvalue weighted by molar-refractivity contribution is 5.79. The Morgan fingerprint density at radius 3 is 2.64 bits per heavy atom. The molecule has 114 valence electrons. The molecule has 0 unspecified atom stereocenters. The summed E-state index contributed by atoms with van der Waals surface area (Å²) in [5.74, 6) is 0.130. The van der Waals surface area contributed by atoms with Gasteiger partial charge in [0.25, 0.3) is 11.6 Å². The number of aromatic nitrogens is 2. The Kier molecular flexibility index (Phi) is 3.71. The second-order valence-corrected chi connectivity index (χ2v) is 5.33. The van der Waals surface area contributed by atoms with E-state index in [-0.39, 0.29) is 5.91 Å². The van der Waals surface area contributed by atoms with Crippen molar-refractivity contribution in [1.29, 1.82) is 0 Å². The minimum absolute atomic E-state index is 0.130. The van der Waals surface area contributed by atoms with Crippen LogP contribution in [0.5, 0.6) is 0 Å². The van der Waals surface area contributed by atoms with E-state index in [0.717, 1.165) is 29.8 Å². The van der Waals surface area contributed by atoms with Gasteiger partial charge in [0.15, 0.2) is 17.6 Å². The largest absolute Gasteiger partial charge is 0.396 e. The monoisotopic (exact) mass is 297 g/mol. The van der Waals surface area contributed by atoms with Crippen molar-refractivity contribution in [3.8, 4) is 0 Å². The lowest BCUT2D eigenvalue weighted by Gasteiger charge is -2.17.